The molecule has 2 aromatic heterocycles. The Morgan fingerprint density at radius 2 is 1.79 bits per heavy atom. The minimum Gasteiger partial charge on any atom is -0.368 e. The van der Waals surface area contributed by atoms with E-state index in [4.69, 9.17) is 11.6 Å². The molecule has 2 heterocycles. The summed E-state index contributed by atoms with van der Waals surface area (Å²) >= 11 is 7.55. The molecule has 208 valence electrons. The third kappa shape index (κ3) is 8.17. The molecule has 7 nitrogen and oxygen atoms in total. The van der Waals surface area contributed by atoms with Crippen LogP contribution in [0.5, 0.6) is 0 Å². The Balaban J connectivity index is 1.37. The summed E-state index contributed by atoms with van der Waals surface area (Å²) in [6.45, 7) is 0.640. The van der Waals surface area contributed by atoms with Gasteiger partial charge in [0.25, 0.3) is 5.91 Å². The molecular formula is C29H42ClN5O2S. The molecule has 9 heteroatoms. The van der Waals surface area contributed by atoms with Crippen LogP contribution in [-0.2, 0) is 11.3 Å². The number of nitrogens with one attached hydrogen (secondary N) is 2. The van der Waals surface area contributed by atoms with E-state index in [1.807, 2.05) is 25.2 Å². The van der Waals surface area contributed by atoms with E-state index >= 15 is 0 Å². The number of anilines is 1. The van der Waals surface area contributed by atoms with Crippen LogP contribution in [0.2, 0.25) is 5.02 Å². The molecule has 2 fully saturated rings. The van der Waals surface area contributed by atoms with Crippen LogP contribution in [0.3, 0.4) is 0 Å². The number of halogens is 1. The fraction of sp³-hybridized carbons (Fsp3) is 0.621. The van der Waals surface area contributed by atoms with Crippen molar-refractivity contribution >= 4 is 40.4 Å². The second-order valence-electron chi connectivity index (χ2n) is 11.2. The van der Waals surface area contributed by atoms with Gasteiger partial charge >= 0.3 is 0 Å². The summed E-state index contributed by atoms with van der Waals surface area (Å²) in [5, 5.41) is 6.99. The van der Waals surface area contributed by atoms with E-state index in [0.717, 1.165) is 49.1 Å². The molecule has 0 radical (unpaired) electrons. The van der Waals surface area contributed by atoms with Crippen LogP contribution in [0.15, 0.2) is 30.6 Å². The largest absolute Gasteiger partial charge is 0.368 e. The lowest BCUT2D eigenvalue weighted by atomic mass is 9.84. The van der Waals surface area contributed by atoms with Crippen molar-refractivity contribution in [3.8, 4) is 0 Å². The van der Waals surface area contributed by atoms with Gasteiger partial charge in [-0.05, 0) is 70.3 Å². The van der Waals surface area contributed by atoms with E-state index in [2.05, 4.69) is 39.5 Å². The third-order valence-corrected chi connectivity index (χ3v) is 9.37. The van der Waals surface area contributed by atoms with Gasteiger partial charge < -0.3 is 20.4 Å². The van der Waals surface area contributed by atoms with Crippen molar-refractivity contribution < 1.29 is 9.59 Å². The molecular weight excluding hydrogens is 518 g/mol. The number of carbonyl (C=O) groups is 2. The third-order valence-electron chi connectivity index (χ3n) is 8.10. The van der Waals surface area contributed by atoms with Crippen LogP contribution in [0.1, 0.15) is 78.8 Å². The van der Waals surface area contributed by atoms with Crippen LogP contribution in [0.25, 0.3) is 0 Å². The first-order valence-electron chi connectivity index (χ1n) is 14.0. The van der Waals surface area contributed by atoms with E-state index in [1.54, 1.807) is 12.4 Å². The fourth-order valence-electron chi connectivity index (χ4n) is 5.77. The summed E-state index contributed by atoms with van der Waals surface area (Å²) < 4.78 is 0. The second-order valence-corrected chi connectivity index (χ2v) is 12.8. The number of aromatic nitrogens is 1. The maximum absolute atomic E-state index is 13.4. The lowest BCUT2D eigenvalue weighted by molar-refractivity contribution is -0.124. The summed E-state index contributed by atoms with van der Waals surface area (Å²) in [7, 11) is 6.23. The first-order chi connectivity index (χ1) is 18.3. The molecule has 2 aliphatic carbocycles. The number of hydrogen-bond donors (Lipinski definition) is 2. The zero-order chi connectivity index (χ0) is 27.1. The van der Waals surface area contributed by atoms with Crippen molar-refractivity contribution in [1.82, 2.24) is 20.5 Å². The maximum atomic E-state index is 13.4. The number of nitrogens with zero attached hydrogens (tertiary/aromatic N) is 3. The Morgan fingerprint density at radius 1 is 1.05 bits per heavy atom. The minimum atomic E-state index is -0.497. The van der Waals surface area contributed by atoms with Gasteiger partial charge in [-0.15, -0.1) is 11.3 Å². The molecule has 0 aliphatic heterocycles. The fourth-order valence-corrected chi connectivity index (χ4v) is 6.91. The standard InChI is InChI=1S/C29H42ClN5O2S/c1-34(2)23-11-9-22(10-12-23)32-28(36)26(15-20-7-5-4-6-8-20)33-29(37)27-14-13-25(38-27)19-35(3)24-16-21(30)17-31-18-24/h13-14,16-18,20,22-23,26H,4-12,15,19H2,1-3H3,(H,32,36)(H,33,37). The molecule has 1 atom stereocenters. The van der Waals surface area contributed by atoms with Gasteiger partial charge in [0.15, 0.2) is 0 Å². The van der Waals surface area contributed by atoms with Gasteiger partial charge in [-0.3, -0.25) is 14.6 Å². The lowest BCUT2D eigenvalue weighted by Crippen LogP contribution is -2.51. The molecule has 0 saturated heterocycles. The quantitative estimate of drug-likeness (QED) is 0.402. The number of carbonyl (C=O) groups excluding carboxylic acids is 2. The number of pyridine rings is 1. The van der Waals surface area contributed by atoms with Crippen LogP contribution < -0.4 is 15.5 Å². The molecule has 2 aliphatic rings. The molecule has 2 N–H and O–H groups in total. The molecule has 38 heavy (non-hydrogen) atoms. The Morgan fingerprint density at radius 3 is 2.47 bits per heavy atom. The zero-order valence-corrected chi connectivity index (χ0v) is 24.5. The van der Waals surface area contributed by atoms with Crippen molar-refractivity contribution in [1.29, 1.82) is 0 Å². The van der Waals surface area contributed by atoms with Crippen molar-refractivity contribution in [3.63, 3.8) is 0 Å². The summed E-state index contributed by atoms with van der Waals surface area (Å²) in [5.74, 6) is 0.297. The smallest absolute Gasteiger partial charge is 0.262 e. The van der Waals surface area contributed by atoms with Crippen molar-refractivity contribution in [2.75, 3.05) is 26.0 Å². The van der Waals surface area contributed by atoms with E-state index in [1.165, 1.54) is 30.6 Å². The van der Waals surface area contributed by atoms with Crippen LogP contribution in [-0.4, -0.2) is 61.0 Å². The average Bonchev–Trinajstić information content (AvgIpc) is 3.38. The highest BCUT2D eigenvalue weighted by atomic mass is 35.5. The number of thiophene rings is 1. The number of rotatable bonds is 10. The molecule has 0 spiro atoms. The van der Waals surface area contributed by atoms with Crippen molar-refractivity contribution in [3.05, 3.63) is 45.4 Å². The highest BCUT2D eigenvalue weighted by Crippen LogP contribution is 2.29. The first-order valence-corrected chi connectivity index (χ1v) is 15.2. The van der Waals surface area contributed by atoms with E-state index < -0.39 is 6.04 Å². The number of amides is 2. The molecule has 4 rings (SSSR count). The summed E-state index contributed by atoms with van der Waals surface area (Å²) in [6.07, 6.45) is 14.2. The van der Waals surface area contributed by atoms with Crippen LogP contribution in [0.4, 0.5) is 5.69 Å². The Bertz CT molecular complexity index is 1060. The molecule has 2 saturated carbocycles. The van der Waals surface area contributed by atoms with Gasteiger partial charge in [0.2, 0.25) is 5.91 Å². The maximum Gasteiger partial charge on any atom is 0.262 e. The minimum absolute atomic E-state index is 0.0257. The molecule has 0 aromatic carbocycles. The highest BCUT2D eigenvalue weighted by Gasteiger charge is 2.30. The zero-order valence-electron chi connectivity index (χ0n) is 22.9. The van der Waals surface area contributed by atoms with Gasteiger partial charge in [-0.2, -0.15) is 0 Å². The van der Waals surface area contributed by atoms with E-state index in [-0.39, 0.29) is 17.9 Å². The molecule has 0 bridgehead atoms. The molecule has 1 unspecified atom stereocenters. The van der Waals surface area contributed by atoms with Gasteiger partial charge in [-0.1, -0.05) is 43.7 Å². The van der Waals surface area contributed by atoms with E-state index in [0.29, 0.717) is 34.8 Å². The topological polar surface area (TPSA) is 77.6 Å². The normalized spacial score (nSPS) is 21.2. The monoisotopic (exact) mass is 559 g/mol. The summed E-state index contributed by atoms with van der Waals surface area (Å²) in [5.41, 5.74) is 0.917. The predicted octanol–water partition coefficient (Wildman–Crippen LogP) is 5.49. The molecule has 2 amide bonds. The first kappa shape index (κ1) is 28.8. The SMILES string of the molecule is CN(Cc1ccc(C(=O)NC(CC2CCCCC2)C(=O)NC2CCC(N(C)C)CC2)s1)c1cncc(Cl)c1. The summed E-state index contributed by atoms with van der Waals surface area (Å²) in [6, 6.07) is 5.99. The lowest BCUT2D eigenvalue weighted by Gasteiger charge is -2.34. The van der Waals surface area contributed by atoms with Gasteiger partial charge in [-0.25, -0.2) is 0 Å². The van der Waals surface area contributed by atoms with Gasteiger partial charge in [0, 0.05) is 30.2 Å². The van der Waals surface area contributed by atoms with Crippen LogP contribution in [0, 0.1) is 5.92 Å². The highest BCUT2D eigenvalue weighted by molar-refractivity contribution is 7.14. The van der Waals surface area contributed by atoms with Crippen molar-refractivity contribution in [2.45, 2.75) is 88.9 Å². The Labute approximate surface area is 236 Å². The van der Waals surface area contributed by atoms with Gasteiger partial charge in [0.05, 0.1) is 28.3 Å². The van der Waals surface area contributed by atoms with Crippen molar-refractivity contribution in [2.24, 2.45) is 5.92 Å². The second kappa shape index (κ2) is 13.8. The molecule has 2 aromatic rings. The average molecular weight is 560 g/mol. The summed E-state index contributed by atoms with van der Waals surface area (Å²) in [4.78, 5) is 36.9. The number of hydrogen-bond acceptors (Lipinski definition) is 6. The van der Waals surface area contributed by atoms with Crippen LogP contribution >= 0.6 is 22.9 Å². The van der Waals surface area contributed by atoms with Gasteiger partial charge in [0.1, 0.15) is 6.04 Å². The van der Waals surface area contributed by atoms with E-state index in [9.17, 15) is 9.59 Å². The Kier molecular flexibility index (Phi) is 10.4. The predicted molar refractivity (Wildman–Crippen MR) is 156 cm³/mol. The Hall–Kier alpha value is -2.16.